The number of halogens is 1. The van der Waals surface area contributed by atoms with Gasteiger partial charge in [-0.2, -0.15) is 0 Å². The van der Waals surface area contributed by atoms with Gasteiger partial charge in [-0.15, -0.1) is 0 Å². The zero-order valence-electron chi connectivity index (χ0n) is 11.6. The lowest BCUT2D eigenvalue weighted by atomic mass is 9.80. The van der Waals surface area contributed by atoms with Crippen molar-refractivity contribution in [3.63, 3.8) is 0 Å². The summed E-state index contributed by atoms with van der Waals surface area (Å²) in [5, 5.41) is 8.95. The highest BCUT2D eigenvalue weighted by Crippen LogP contribution is 2.37. The monoisotopic (exact) mass is 270 g/mol. The Bertz CT molecular complexity index is 469. The van der Waals surface area contributed by atoms with Crippen LogP contribution < -0.4 is 4.74 Å². The number of ether oxygens (including phenoxy) is 2. The van der Waals surface area contributed by atoms with Gasteiger partial charge in [0.15, 0.2) is 0 Å². The molecule has 0 spiro atoms. The van der Waals surface area contributed by atoms with Gasteiger partial charge >= 0.3 is 5.97 Å². The first-order valence-electron chi connectivity index (χ1n) is 5.90. The number of methoxy groups -OCH3 is 2. The molecule has 1 rings (SSSR count). The standard InChI is InChI=1S/C14H19FO4/c1-14(2,7-11(16)17)12-10(19-4)6-5-9(8-18-3)13(12)15/h5-6H,7-8H2,1-4H3,(H,16,17). The quantitative estimate of drug-likeness (QED) is 0.863. The van der Waals surface area contributed by atoms with Gasteiger partial charge in [0.2, 0.25) is 0 Å². The normalized spacial score (nSPS) is 11.4. The summed E-state index contributed by atoms with van der Waals surface area (Å²) < 4.78 is 24.6. The van der Waals surface area contributed by atoms with Crippen molar-refractivity contribution in [2.45, 2.75) is 32.3 Å². The Balaban J connectivity index is 3.37. The average Bonchev–Trinajstić information content (AvgIpc) is 2.29. The fourth-order valence-corrected chi connectivity index (χ4v) is 2.14. The maximum absolute atomic E-state index is 14.5. The van der Waals surface area contributed by atoms with Crippen LogP contribution in [0.25, 0.3) is 0 Å². The highest BCUT2D eigenvalue weighted by molar-refractivity contribution is 5.69. The first-order chi connectivity index (χ1) is 8.83. The van der Waals surface area contributed by atoms with E-state index in [1.165, 1.54) is 14.2 Å². The summed E-state index contributed by atoms with van der Waals surface area (Å²) in [6.07, 6.45) is -0.184. The van der Waals surface area contributed by atoms with Gasteiger partial charge in [0, 0.05) is 23.7 Å². The van der Waals surface area contributed by atoms with E-state index in [2.05, 4.69) is 0 Å². The maximum atomic E-state index is 14.5. The summed E-state index contributed by atoms with van der Waals surface area (Å²) >= 11 is 0. The molecule has 0 aromatic heterocycles. The molecule has 0 aliphatic rings. The van der Waals surface area contributed by atoms with Gasteiger partial charge in [-0.3, -0.25) is 4.79 Å². The molecule has 5 heteroatoms. The molecule has 106 valence electrons. The molecular weight excluding hydrogens is 251 g/mol. The Morgan fingerprint density at radius 2 is 2.00 bits per heavy atom. The summed E-state index contributed by atoms with van der Waals surface area (Å²) in [7, 11) is 2.91. The minimum absolute atomic E-state index is 0.131. The summed E-state index contributed by atoms with van der Waals surface area (Å²) in [6, 6.07) is 3.22. The second-order valence-electron chi connectivity index (χ2n) is 5.00. The van der Waals surface area contributed by atoms with Gasteiger partial charge in [0.25, 0.3) is 0 Å². The van der Waals surface area contributed by atoms with Gasteiger partial charge in [0.1, 0.15) is 11.6 Å². The lowest BCUT2D eigenvalue weighted by Crippen LogP contribution is -2.24. The van der Waals surface area contributed by atoms with Gasteiger partial charge in [-0.1, -0.05) is 19.9 Å². The zero-order valence-corrected chi connectivity index (χ0v) is 11.6. The second-order valence-corrected chi connectivity index (χ2v) is 5.00. The Hall–Kier alpha value is -1.62. The topological polar surface area (TPSA) is 55.8 Å². The van der Waals surface area contributed by atoms with Gasteiger partial charge in [-0.25, -0.2) is 4.39 Å². The molecule has 0 fully saturated rings. The Kier molecular flexibility index (Phi) is 4.89. The fraction of sp³-hybridized carbons (Fsp3) is 0.500. The molecule has 0 unspecified atom stereocenters. The van der Waals surface area contributed by atoms with E-state index in [0.29, 0.717) is 11.3 Å². The van der Waals surface area contributed by atoms with Crippen LogP contribution >= 0.6 is 0 Å². The molecule has 1 N–H and O–H groups in total. The van der Waals surface area contributed by atoms with Crippen molar-refractivity contribution in [1.29, 1.82) is 0 Å². The van der Waals surface area contributed by atoms with E-state index in [9.17, 15) is 9.18 Å². The van der Waals surface area contributed by atoms with Crippen molar-refractivity contribution >= 4 is 5.97 Å². The third-order valence-electron chi connectivity index (χ3n) is 2.97. The van der Waals surface area contributed by atoms with E-state index in [-0.39, 0.29) is 18.6 Å². The van der Waals surface area contributed by atoms with Crippen LogP contribution in [0.15, 0.2) is 12.1 Å². The van der Waals surface area contributed by atoms with Crippen molar-refractivity contribution < 1.29 is 23.8 Å². The summed E-state index contributed by atoms with van der Waals surface area (Å²) in [5.41, 5.74) is -0.214. The number of carbonyl (C=O) groups is 1. The maximum Gasteiger partial charge on any atom is 0.304 e. The SMILES string of the molecule is COCc1ccc(OC)c(C(C)(C)CC(=O)O)c1F. The van der Waals surface area contributed by atoms with Crippen LogP contribution in [0.4, 0.5) is 4.39 Å². The van der Waals surface area contributed by atoms with Crippen molar-refractivity contribution in [3.8, 4) is 5.75 Å². The minimum Gasteiger partial charge on any atom is -0.496 e. The van der Waals surface area contributed by atoms with Crippen LogP contribution in [0.1, 0.15) is 31.4 Å². The molecule has 4 nitrogen and oxygen atoms in total. The molecule has 0 amide bonds. The van der Waals surface area contributed by atoms with Crippen LogP contribution in [0.3, 0.4) is 0 Å². The molecule has 0 aliphatic heterocycles. The summed E-state index contributed by atoms with van der Waals surface area (Å²) in [6.45, 7) is 3.49. The molecule has 1 aromatic rings. The highest BCUT2D eigenvalue weighted by atomic mass is 19.1. The Morgan fingerprint density at radius 1 is 1.37 bits per heavy atom. The zero-order chi connectivity index (χ0) is 14.6. The van der Waals surface area contributed by atoms with Crippen LogP contribution in [0.2, 0.25) is 0 Å². The summed E-state index contributed by atoms with van der Waals surface area (Å²) in [4.78, 5) is 10.9. The average molecular weight is 270 g/mol. The largest absolute Gasteiger partial charge is 0.496 e. The molecular formula is C14H19FO4. The van der Waals surface area contributed by atoms with E-state index in [1.54, 1.807) is 26.0 Å². The van der Waals surface area contributed by atoms with Crippen molar-refractivity contribution in [2.75, 3.05) is 14.2 Å². The Labute approximate surface area is 112 Å². The second kappa shape index (κ2) is 6.02. The molecule has 0 saturated heterocycles. The number of rotatable bonds is 6. The lowest BCUT2D eigenvalue weighted by Gasteiger charge is -2.26. The van der Waals surface area contributed by atoms with Gasteiger partial charge in [-0.05, 0) is 6.07 Å². The molecule has 0 saturated carbocycles. The fourth-order valence-electron chi connectivity index (χ4n) is 2.14. The predicted octanol–water partition coefficient (Wildman–Crippen LogP) is 2.73. The number of hydrogen-bond acceptors (Lipinski definition) is 3. The van der Waals surface area contributed by atoms with Crippen LogP contribution in [-0.4, -0.2) is 25.3 Å². The first-order valence-corrected chi connectivity index (χ1v) is 5.90. The smallest absolute Gasteiger partial charge is 0.304 e. The molecule has 0 aliphatic carbocycles. The number of benzene rings is 1. The number of carboxylic acid groups (broad SMARTS) is 1. The molecule has 0 bridgehead atoms. The molecule has 19 heavy (non-hydrogen) atoms. The van der Waals surface area contributed by atoms with Crippen LogP contribution in [0, 0.1) is 5.82 Å². The third kappa shape index (κ3) is 3.44. The van der Waals surface area contributed by atoms with E-state index in [4.69, 9.17) is 14.6 Å². The van der Waals surface area contributed by atoms with Crippen molar-refractivity contribution in [1.82, 2.24) is 0 Å². The van der Waals surface area contributed by atoms with Crippen LogP contribution in [-0.2, 0) is 21.6 Å². The first kappa shape index (κ1) is 15.4. The number of aliphatic carboxylic acids is 1. The number of carboxylic acids is 1. The molecule has 0 radical (unpaired) electrons. The van der Waals surface area contributed by atoms with Gasteiger partial charge in [0.05, 0.1) is 20.1 Å². The Morgan fingerprint density at radius 3 is 2.47 bits per heavy atom. The highest BCUT2D eigenvalue weighted by Gasteiger charge is 2.31. The number of hydrogen-bond donors (Lipinski definition) is 1. The molecule has 1 aromatic carbocycles. The molecule has 0 heterocycles. The molecule has 0 atom stereocenters. The van der Waals surface area contributed by atoms with E-state index in [1.807, 2.05) is 0 Å². The summed E-state index contributed by atoms with van der Waals surface area (Å²) in [5.74, 6) is -1.10. The third-order valence-corrected chi connectivity index (χ3v) is 2.97. The van der Waals surface area contributed by atoms with E-state index in [0.717, 1.165) is 0 Å². The van der Waals surface area contributed by atoms with E-state index < -0.39 is 17.2 Å². The lowest BCUT2D eigenvalue weighted by molar-refractivity contribution is -0.138. The van der Waals surface area contributed by atoms with Crippen molar-refractivity contribution in [3.05, 3.63) is 29.1 Å². The minimum atomic E-state index is -0.983. The predicted molar refractivity (Wildman–Crippen MR) is 68.9 cm³/mol. The van der Waals surface area contributed by atoms with Gasteiger partial charge < -0.3 is 14.6 Å². The van der Waals surface area contributed by atoms with Crippen molar-refractivity contribution in [2.24, 2.45) is 0 Å². The van der Waals surface area contributed by atoms with E-state index >= 15 is 0 Å². The van der Waals surface area contributed by atoms with Crippen LogP contribution in [0.5, 0.6) is 5.75 Å².